The fourth-order valence-electron chi connectivity index (χ4n) is 2.89. The maximum atomic E-state index is 12.8. The highest BCUT2D eigenvalue weighted by molar-refractivity contribution is 7.13. The van der Waals surface area contributed by atoms with Gasteiger partial charge >= 0.3 is 0 Å². The lowest BCUT2D eigenvalue weighted by atomic mass is 10.1. The van der Waals surface area contributed by atoms with Crippen molar-refractivity contribution in [3.05, 3.63) is 71.0 Å². The van der Waals surface area contributed by atoms with Crippen LogP contribution in [0.25, 0.3) is 21.5 Å². The number of aryl methyl sites for hydroxylation is 1. The zero-order valence-electron chi connectivity index (χ0n) is 15.1. The summed E-state index contributed by atoms with van der Waals surface area (Å²) < 4.78 is 6.10. The molecule has 0 aliphatic heterocycles. The third-order valence-electron chi connectivity index (χ3n) is 4.34. The van der Waals surface area contributed by atoms with Crippen LogP contribution >= 0.6 is 11.5 Å². The topological polar surface area (TPSA) is 89.8 Å². The zero-order valence-corrected chi connectivity index (χ0v) is 15.9. The first-order valence-corrected chi connectivity index (χ1v) is 9.57. The first-order valence-electron chi connectivity index (χ1n) is 8.79. The van der Waals surface area contributed by atoms with Crippen molar-refractivity contribution in [2.24, 2.45) is 0 Å². The van der Waals surface area contributed by atoms with Crippen LogP contribution in [0.4, 0.5) is 5.69 Å². The lowest BCUT2D eigenvalue weighted by Crippen LogP contribution is -2.27. The number of hydrogen-bond acceptors (Lipinski definition) is 6. The molecule has 4 aromatic rings. The molecule has 0 saturated carbocycles. The van der Waals surface area contributed by atoms with Crippen LogP contribution in [-0.2, 0) is 17.8 Å². The second-order valence-corrected chi connectivity index (χ2v) is 7.00. The van der Waals surface area contributed by atoms with E-state index in [-0.39, 0.29) is 18.0 Å². The van der Waals surface area contributed by atoms with Gasteiger partial charge in [0.25, 0.3) is 5.56 Å². The van der Waals surface area contributed by atoms with Crippen molar-refractivity contribution in [2.75, 3.05) is 5.32 Å². The predicted molar refractivity (Wildman–Crippen MR) is 109 cm³/mol. The summed E-state index contributed by atoms with van der Waals surface area (Å²) in [5.74, 6) is -0.282. The molecule has 0 aliphatic rings. The number of benzene rings is 1. The molecule has 7 nitrogen and oxygen atoms in total. The molecule has 3 aromatic heterocycles. The van der Waals surface area contributed by atoms with E-state index in [0.29, 0.717) is 21.6 Å². The van der Waals surface area contributed by atoms with E-state index in [1.807, 2.05) is 36.4 Å². The highest BCUT2D eigenvalue weighted by atomic mass is 32.1. The average molecular weight is 391 g/mol. The Kier molecular flexibility index (Phi) is 4.94. The van der Waals surface area contributed by atoms with Gasteiger partial charge in [-0.15, -0.1) is 0 Å². The predicted octanol–water partition coefficient (Wildman–Crippen LogP) is 3.12. The van der Waals surface area contributed by atoms with E-state index in [4.69, 9.17) is 0 Å². The van der Waals surface area contributed by atoms with Crippen molar-refractivity contribution < 1.29 is 4.79 Å². The molecule has 0 radical (unpaired) electrons. The number of pyridine rings is 1. The number of nitrogens with one attached hydrogen (secondary N) is 1. The molecule has 1 amide bonds. The molecular weight excluding hydrogens is 374 g/mol. The van der Waals surface area contributed by atoms with Crippen LogP contribution in [-0.4, -0.2) is 24.8 Å². The minimum Gasteiger partial charge on any atom is -0.325 e. The van der Waals surface area contributed by atoms with Crippen LogP contribution in [0.3, 0.4) is 0 Å². The molecule has 0 atom stereocenters. The molecule has 3 heterocycles. The third kappa shape index (κ3) is 3.54. The number of amides is 1. The Morgan fingerprint density at radius 2 is 2.04 bits per heavy atom. The molecule has 140 valence electrons. The van der Waals surface area contributed by atoms with Crippen molar-refractivity contribution in [1.82, 2.24) is 18.9 Å². The summed E-state index contributed by atoms with van der Waals surface area (Å²) in [5, 5.41) is 2.83. The monoisotopic (exact) mass is 391 g/mol. The average Bonchev–Trinajstić information content (AvgIpc) is 3.16. The molecule has 8 heteroatoms. The number of fused-ring (bicyclic) bond motifs is 1. The van der Waals surface area contributed by atoms with Gasteiger partial charge in [-0.1, -0.05) is 19.1 Å². The maximum Gasteiger partial charge on any atom is 0.273 e. The summed E-state index contributed by atoms with van der Waals surface area (Å²) in [6, 6.07) is 11.3. The normalized spacial score (nSPS) is 10.9. The lowest BCUT2D eigenvalue weighted by molar-refractivity contribution is -0.116. The first-order chi connectivity index (χ1) is 13.7. The maximum absolute atomic E-state index is 12.8. The van der Waals surface area contributed by atoms with E-state index >= 15 is 0 Å². The van der Waals surface area contributed by atoms with Crippen LogP contribution in [0.15, 0.2) is 59.9 Å². The van der Waals surface area contributed by atoms with Crippen LogP contribution in [0.2, 0.25) is 0 Å². The van der Waals surface area contributed by atoms with Gasteiger partial charge < -0.3 is 5.32 Å². The molecule has 0 fully saturated rings. The van der Waals surface area contributed by atoms with Crippen LogP contribution in [0.1, 0.15) is 12.5 Å². The van der Waals surface area contributed by atoms with E-state index in [1.165, 1.54) is 10.9 Å². The van der Waals surface area contributed by atoms with E-state index in [0.717, 1.165) is 29.1 Å². The number of carbonyl (C=O) groups is 1. The summed E-state index contributed by atoms with van der Waals surface area (Å²) in [5.41, 5.74) is 3.59. The number of hydrogen-bond donors (Lipinski definition) is 1. The summed E-state index contributed by atoms with van der Waals surface area (Å²) in [6.45, 7) is 1.94. The molecule has 1 N–H and O–H groups in total. The fourth-order valence-corrected chi connectivity index (χ4v) is 3.70. The summed E-state index contributed by atoms with van der Waals surface area (Å²) in [6.07, 6.45) is 5.61. The zero-order chi connectivity index (χ0) is 19.5. The van der Waals surface area contributed by atoms with Gasteiger partial charge in [0.2, 0.25) is 5.91 Å². The molecule has 0 unspecified atom stereocenters. The second kappa shape index (κ2) is 7.69. The number of anilines is 1. The molecule has 28 heavy (non-hydrogen) atoms. The Labute approximate surface area is 164 Å². The number of carbonyl (C=O) groups excluding carboxylic acids is 1. The van der Waals surface area contributed by atoms with E-state index < -0.39 is 0 Å². The Morgan fingerprint density at radius 3 is 2.82 bits per heavy atom. The van der Waals surface area contributed by atoms with Crippen molar-refractivity contribution in [3.63, 3.8) is 0 Å². The van der Waals surface area contributed by atoms with E-state index in [2.05, 4.69) is 26.6 Å². The van der Waals surface area contributed by atoms with Crippen molar-refractivity contribution >= 4 is 33.3 Å². The van der Waals surface area contributed by atoms with Crippen LogP contribution in [0.5, 0.6) is 0 Å². The number of rotatable bonds is 5. The number of aromatic nitrogens is 4. The molecule has 4 rings (SSSR count). The molecule has 0 bridgehead atoms. The highest BCUT2D eigenvalue weighted by Crippen LogP contribution is 2.26. The van der Waals surface area contributed by atoms with Gasteiger partial charge in [-0.25, -0.2) is 4.98 Å². The van der Waals surface area contributed by atoms with E-state index in [9.17, 15) is 9.59 Å². The Hall–Kier alpha value is -3.39. The van der Waals surface area contributed by atoms with Crippen molar-refractivity contribution in [1.29, 1.82) is 0 Å². The minimum absolute atomic E-state index is 0.110. The van der Waals surface area contributed by atoms with Gasteiger partial charge in [0.05, 0.1) is 6.33 Å². The smallest absolute Gasteiger partial charge is 0.273 e. The van der Waals surface area contributed by atoms with E-state index in [1.54, 1.807) is 12.4 Å². The lowest BCUT2D eigenvalue weighted by Gasteiger charge is -2.08. The Balaban J connectivity index is 1.59. The van der Waals surface area contributed by atoms with Gasteiger partial charge in [0.15, 0.2) is 0 Å². The standard InChI is InChI=1S/C20H17N5O2S/c1-2-13-4-3-5-15(10-13)23-16(26)11-25-12-22-18-17(14-6-8-21-9-7-14)24-28-19(18)20(25)27/h3-10,12H,2,11H2,1H3,(H,23,26). The van der Waals surface area contributed by atoms with Gasteiger partial charge in [0, 0.05) is 23.6 Å². The van der Waals surface area contributed by atoms with Crippen LogP contribution < -0.4 is 10.9 Å². The molecular formula is C20H17N5O2S. The Morgan fingerprint density at radius 1 is 1.21 bits per heavy atom. The minimum atomic E-state index is -0.282. The quantitative estimate of drug-likeness (QED) is 0.565. The van der Waals surface area contributed by atoms with Gasteiger partial charge in [-0.05, 0) is 47.8 Å². The largest absolute Gasteiger partial charge is 0.325 e. The van der Waals surface area contributed by atoms with Crippen LogP contribution in [0, 0.1) is 0 Å². The summed E-state index contributed by atoms with van der Waals surface area (Å²) >= 11 is 1.09. The van der Waals surface area contributed by atoms with Gasteiger partial charge in [-0.2, -0.15) is 4.37 Å². The highest BCUT2D eigenvalue weighted by Gasteiger charge is 2.15. The van der Waals surface area contributed by atoms with Crippen molar-refractivity contribution in [2.45, 2.75) is 19.9 Å². The summed E-state index contributed by atoms with van der Waals surface area (Å²) in [7, 11) is 0. The number of nitrogens with zero attached hydrogens (tertiary/aromatic N) is 4. The Bertz CT molecular complexity index is 1200. The summed E-state index contributed by atoms with van der Waals surface area (Å²) in [4.78, 5) is 33.5. The van der Waals surface area contributed by atoms with Gasteiger partial charge in [0.1, 0.15) is 22.5 Å². The second-order valence-electron chi connectivity index (χ2n) is 6.22. The molecule has 0 aliphatic carbocycles. The molecule has 0 spiro atoms. The fraction of sp³-hybridized carbons (Fsp3) is 0.150. The third-order valence-corrected chi connectivity index (χ3v) is 5.16. The first kappa shape index (κ1) is 18.0. The van der Waals surface area contributed by atoms with Crippen molar-refractivity contribution in [3.8, 4) is 11.3 Å². The molecule has 1 aromatic carbocycles. The SMILES string of the molecule is CCc1cccc(NC(=O)Cn2cnc3c(-c4ccncc4)nsc3c2=O)c1. The molecule has 0 saturated heterocycles. The van der Waals surface area contributed by atoms with Gasteiger partial charge in [-0.3, -0.25) is 19.1 Å².